The number of rotatable bonds is 5. The number of aromatic nitrogens is 3. The molecule has 0 bridgehead atoms. The maximum Gasteiger partial charge on any atom is 0.268 e. The van der Waals surface area contributed by atoms with Gasteiger partial charge >= 0.3 is 0 Å². The van der Waals surface area contributed by atoms with Crippen molar-refractivity contribution >= 4 is 5.91 Å². The van der Waals surface area contributed by atoms with E-state index in [2.05, 4.69) is 15.3 Å². The largest absolute Gasteiger partial charge is 0.347 e. The van der Waals surface area contributed by atoms with Gasteiger partial charge in [0.2, 0.25) is 0 Å². The van der Waals surface area contributed by atoms with Gasteiger partial charge in [-0.1, -0.05) is 30.3 Å². The number of carbonyl (C=O) groups excluding carboxylic acids is 1. The second-order valence-electron chi connectivity index (χ2n) is 4.77. The highest BCUT2D eigenvalue weighted by Gasteiger charge is 2.10. The zero-order valence-electron chi connectivity index (χ0n) is 11.5. The first-order valence-corrected chi connectivity index (χ1v) is 6.77. The van der Waals surface area contributed by atoms with Crippen molar-refractivity contribution in [3.05, 3.63) is 78.1 Å². The van der Waals surface area contributed by atoms with E-state index in [0.29, 0.717) is 18.8 Å². The van der Waals surface area contributed by atoms with Crippen molar-refractivity contribution in [2.75, 3.05) is 0 Å². The number of nitrogens with one attached hydrogen (secondary N) is 2. The van der Waals surface area contributed by atoms with Gasteiger partial charge in [0, 0.05) is 18.9 Å². The summed E-state index contributed by atoms with van der Waals surface area (Å²) in [7, 11) is 0. The highest BCUT2D eigenvalue weighted by molar-refractivity contribution is 5.92. The number of benzene rings is 1. The van der Waals surface area contributed by atoms with E-state index in [9.17, 15) is 4.79 Å². The van der Waals surface area contributed by atoms with Gasteiger partial charge in [-0.3, -0.25) is 4.79 Å². The van der Waals surface area contributed by atoms with Crippen molar-refractivity contribution in [1.29, 1.82) is 0 Å². The Labute approximate surface area is 122 Å². The minimum absolute atomic E-state index is 0.0921. The first-order valence-electron chi connectivity index (χ1n) is 6.77. The first-order chi connectivity index (χ1) is 10.3. The van der Waals surface area contributed by atoms with E-state index < -0.39 is 0 Å². The Morgan fingerprint density at radius 1 is 1.19 bits per heavy atom. The van der Waals surface area contributed by atoms with Crippen molar-refractivity contribution in [2.45, 2.75) is 13.1 Å². The number of amides is 1. The molecule has 0 spiro atoms. The van der Waals surface area contributed by atoms with Crippen LogP contribution in [0, 0.1) is 0 Å². The highest BCUT2D eigenvalue weighted by atomic mass is 16.1. The Hall–Kier alpha value is -2.82. The molecular formula is C16H16N4O. The molecule has 0 saturated heterocycles. The van der Waals surface area contributed by atoms with E-state index in [1.807, 2.05) is 53.2 Å². The van der Waals surface area contributed by atoms with Crippen LogP contribution in [0.3, 0.4) is 0 Å². The fourth-order valence-corrected chi connectivity index (χ4v) is 2.19. The minimum Gasteiger partial charge on any atom is -0.347 e. The molecule has 1 aromatic carbocycles. The molecule has 0 radical (unpaired) electrons. The van der Waals surface area contributed by atoms with Crippen LogP contribution in [0.4, 0.5) is 0 Å². The number of hydrogen-bond acceptors (Lipinski definition) is 2. The summed E-state index contributed by atoms with van der Waals surface area (Å²) in [5.74, 6) is -0.0921. The fraction of sp³-hybridized carbons (Fsp3) is 0.125. The summed E-state index contributed by atoms with van der Waals surface area (Å²) in [6, 6.07) is 13.8. The van der Waals surface area contributed by atoms with Gasteiger partial charge in [-0.2, -0.15) is 0 Å². The molecule has 0 aliphatic heterocycles. The molecule has 1 amide bonds. The van der Waals surface area contributed by atoms with Gasteiger partial charge in [0.05, 0.1) is 18.6 Å². The van der Waals surface area contributed by atoms with Crippen LogP contribution in [-0.2, 0) is 13.1 Å². The summed E-state index contributed by atoms with van der Waals surface area (Å²) >= 11 is 0. The molecule has 3 aromatic rings. The van der Waals surface area contributed by atoms with Crippen LogP contribution in [0.25, 0.3) is 0 Å². The third kappa shape index (κ3) is 3.20. The Balaban J connectivity index is 1.68. The van der Waals surface area contributed by atoms with Gasteiger partial charge in [-0.25, -0.2) is 4.98 Å². The van der Waals surface area contributed by atoms with E-state index >= 15 is 0 Å². The average molecular weight is 280 g/mol. The van der Waals surface area contributed by atoms with Gasteiger partial charge in [0.25, 0.3) is 5.91 Å². The van der Waals surface area contributed by atoms with Crippen LogP contribution in [0.15, 0.2) is 61.2 Å². The lowest BCUT2D eigenvalue weighted by Gasteiger charge is -2.09. The van der Waals surface area contributed by atoms with Crippen molar-refractivity contribution in [3.63, 3.8) is 0 Å². The standard InChI is InChI=1S/C16H16N4O/c21-16(18-10-14-9-17-12-19-14)15-7-4-8-20(15)11-13-5-2-1-3-6-13/h1-9,12H,10-11H2,(H,17,19)(H,18,21). The molecule has 106 valence electrons. The van der Waals surface area contributed by atoms with Crippen LogP contribution >= 0.6 is 0 Å². The molecule has 2 heterocycles. The molecule has 0 unspecified atom stereocenters. The zero-order valence-corrected chi connectivity index (χ0v) is 11.5. The number of H-pyrrole nitrogens is 1. The quantitative estimate of drug-likeness (QED) is 0.752. The van der Waals surface area contributed by atoms with Crippen LogP contribution in [0.2, 0.25) is 0 Å². The lowest BCUT2D eigenvalue weighted by atomic mass is 10.2. The van der Waals surface area contributed by atoms with E-state index in [1.54, 1.807) is 12.5 Å². The van der Waals surface area contributed by atoms with E-state index in [1.165, 1.54) is 0 Å². The molecule has 0 aliphatic rings. The monoisotopic (exact) mass is 280 g/mol. The Morgan fingerprint density at radius 3 is 2.81 bits per heavy atom. The van der Waals surface area contributed by atoms with Crippen LogP contribution in [0.1, 0.15) is 21.7 Å². The van der Waals surface area contributed by atoms with Gasteiger partial charge in [0.1, 0.15) is 5.69 Å². The van der Waals surface area contributed by atoms with Crippen LogP contribution < -0.4 is 5.32 Å². The average Bonchev–Trinajstić information content (AvgIpc) is 3.17. The summed E-state index contributed by atoms with van der Waals surface area (Å²) < 4.78 is 1.94. The molecule has 2 N–H and O–H groups in total. The predicted molar refractivity (Wildman–Crippen MR) is 79.7 cm³/mol. The zero-order chi connectivity index (χ0) is 14.5. The van der Waals surface area contributed by atoms with E-state index in [4.69, 9.17) is 0 Å². The topological polar surface area (TPSA) is 62.7 Å². The molecular weight excluding hydrogens is 264 g/mol. The molecule has 3 rings (SSSR count). The third-order valence-electron chi connectivity index (χ3n) is 3.25. The van der Waals surface area contributed by atoms with Gasteiger partial charge < -0.3 is 14.9 Å². The maximum atomic E-state index is 12.2. The molecule has 5 heteroatoms. The summed E-state index contributed by atoms with van der Waals surface area (Å²) in [4.78, 5) is 19.1. The van der Waals surface area contributed by atoms with E-state index in [0.717, 1.165) is 11.3 Å². The van der Waals surface area contributed by atoms with Gasteiger partial charge in [-0.15, -0.1) is 0 Å². The van der Waals surface area contributed by atoms with Crippen molar-refractivity contribution < 1.29 is 4.79 Å². The number of aromatic amines is 1. The number of imidazole rings is 1. The van der Waals surface area contributed by atoms with Crippen LogP contribution in [0.5, 0.6) is 0 Å². The highest BCUT2D eigenvalue weighted by Crippen LogP contribution is 2.08. The lowest BCUT2D eigenvalue weighted by Crippen LogP contribution is -2.25. The summed E-state index contributed by atoms with van der Waals surface area (Å²) in [5, 5.41) is 2.88. The molecule has 0 aliphatic carbocycles. The molecule has 0 saturated carbocycles. The van der Waals surface area contributed by atoms with Crippen molar-refractivity contribution in [1.82, 2.24) is 19.9 Å². The second kappa shape index (κ2) is 6.09. The number of hydrogen-bond donors (Lipinski definition) is 2. The maximum absolute atomic E-state index is 12.2. The third-order valence-corrected chi connectivity index (χ3v) is 3.25. The minimum atomic E-state index is -0.0921. The molecule has 5 nitrogen and oxygen atoms in total. The SMILES string of the molecule is O=C(NCc1cnc[nH]1)c1cccn1Cc1ccccc1. The van der Waals surface area contributed by atoms with Gasteiger partial charge in [-0.05, 0) is 17.7 Å². The van der Waals surface area contributed by atoms with Gasteiger partial charge in [0.15, 0.2) is 0 Å². The molecule has 0 fully saturated rings. The summed E-state index contributed by atoms with van der Waals surface area (Å²) in [6.07, 6.45) is 5.21. The number of carbonyl (C=O) groups is 1. The molecule has 2 aromatic heterocycles. The fourth-order valence-electron chi connectivity index (χ4n) is 2.19. The predicted octanol–water partition coefficient (Wildman–Crippen LogP) is 2.19. The second-order valence-corrected chi connectivity index (χ2v) is 4.77. The molecule has 21 heavy (non-hydrogen) atoms. The van der Waals surface area contributed by atoms with E-state index in [-0.39, 0.29) is 5.91 Å². The Morgan fingerprint density at radius 2 is 2.05 bits per heavy atom. The lowest BCUT2D eigenvalue weighted by molar-refractivity contribution is 0.0941. The molecule has 0 atom stereocenters. The smallest absolute Gasteiger partial charge is 0.268 e. The van der Waals surface area contributed by atoms with Crippen LogP contribution in [-0.4, -0.2) is 20.4 Å². The number of nitrogens with zero attached hydrogens (tertiary/aromatic N) is 2. The Bertz CT molecular complexity index is 701. The first kappa shape index (κ1) is 13.2. The normalized spacial score (nSPS) is 10.5. The van der Waals surface area contributed by atoms with Crippen molar-refractivity contribution in [3.8, 4) is 0 Å². The summed E-state index contributed by atoms with van der Waals surface area (Å²) in [6.45, 7) is 1.12. The van der Waals surface area contributed by atoms with Crippen molar-refractivity contribution in [2.24, 2.45) is 0 Å². The summed E-state index contributed by atoms with van der Waals surface area (Å²) in [5.41, 5.74) is 2.69. The Kier molecular flexibility index (Phi) is 3.82.